The second-order valence-corrected chi connectivity index (χ2v) is 4.50. The van der Waals surface area contributed by atoms with Crippen molar-refractivity contribution in [2.75, 3.05) is 5.43 Å². The quantitative estimate of drug-likeness (QED) is 0.511. The van der Waals surface area contributed by atoms with Gasteiger partial charge in [0.2, 0.25) is 0 Å². The van der Waals surface area contributed by atoms with Crippen LogP contribution in [0, 0.1) is 10.1 Å². The minimum absolute atomic E-state index is 0.0995. The van der Waals surface area contributed by atoms with Crippen LogP contribution in [0.15, 0.2) is 46.9 Å². The Kier molecular flexibility index (Phi) is 3.98. The van der Waals surface area contributed by atoms with E-state index in [-0.39, 0.29) is 5.69 Å². The Bertz CT molecular complexity index is 619. The van der Waals surface area contributed by atoms with Crippen LogP contribution >= 0.6 is 15.9 Å². The number of hydrogen-bond donors (Lipinski definition) is 2. The van der Waals surface area contributed by atoms with E-state index in [9.17, 15) is 10.1 Å². The number of nitrogens with two attached hydrogens (primary N) is 1. The van der Waals surface area contributed by atoms with Crippen molar-refractivity contribution in [3.63, 3.8) is 0 Å². The number of anilines is 1. The molecule has 19 heavy (non-hydrogen) atoms. The lowest BCUT2D eigenvalue weighted by Crippen LogP contribution is -2.07. The zero-order valence-corrected chi connectivity index (χ0v) is 11.3. The molecule has 0 spiro atoms. The minimum Gasteiger partial charge on any atom is -0.456 e. The molecule has 0 aliphatic heterocycles. The maximum absolute atomic E-state index is 10.8. The number of nitrogen functional groups attached to an aromatic ring is 1. The van der Waals surface area contributed by atoms with E-state index in [1.165, 1.54) is 12.1 Å². The summed E-state index contributed by atoms with van der Waals surface area (Å²) in [5, 5.41) is 10.8. The molecule has 2 aromatic carbocycles. The van der Waals surface area contributed by atoms with Gasteiger partial charge >= 0.3 is 0 Å². The topological polar surface area (TPSA) is 90.4 Å². The molecule has 0 aliphatic carbocycles. The van der Waals surface area contributed by atoms with Gasteiger partial charge in [-0.2, -0.15) is 0 Å². The second kappa shape index (κ2) is 5.68. The molecule has 0 fully saturated rings. The Morgan fingerprint density at radius 1 is 1.26 bits per heavy atom. The monoisotopic (exact) mass is 323 g/mol. The first-order valence-electron chi connectivity index (χ1n) is 5.28. The largest absolute Gasteiger partial charge is 0.456 e. The zero-order valence-electron chi connectivity index (χ0n) is 9.67. The molecule has 0 aromatic heterocycles. The van der Waals surface area contributed by atoms with Crippen molar-refractivity contribution in [3.05, 3.63) is 57.1 Å². The van der Waals surface area contributed by atoms with Gasteiger partial charge in [-0.1, -0.05) is 12.1 Å². The number of non-ortho nitro benzene ring substituents is 1. The van der Waals surface area contributed by atoms with E-state index in [4.69, 9.17) is 10.6 Å². The lowest BCUT2D eigenvalue weighted by molar-refractivity contribution is -0.384. The van der Waals surface area contributed by atoms with Crippen molar-refractivity contribution in [1.82, 2.24) is 0 Å². The minimum atomic E-state index is -0.506. The Morgan fingerprint density at radius 3 is 2.63 bits per heavy atom. The van der Waals surface area contributed by atoms with Crippen molar-refractivity contribution in [2.24, 2.45) is 5.84 Å². The fourth-order valence-corrected chi connectivity index (χ4v) is 1.85. The number of nitrogens with one attached hydrogen (secondary N) is 1. The normalized spacial score (nSPS) is 10.0. The van der Waals surface area contributed by atoms with E-state index in [0.29, 0.717) is 17.2 Å². The van der Waals surface area contributed by atoms with Crippen LogP contribution in [-0.2, 0) is 0 Å². The number of nitrogens with zero attached hydrogens (tertiary/aromatic N) is 1. The average molecular weight is 324 g/mol. The molecule has 0 bridgehead atoms. The number of para-hydroxylation sites is 1. The van der Waals surface area contributed by atoms with E-state index in [1.807, 2.05) is 12.1 Å². The summed E-state index contributed by atoms with van der Waals surface area (Å²) in [6.07, 6.45) is 0. The number of nitro benzene ring substituents is 1. The number of nitro groups is 1. The van der Waals surface area contributed by atoms with E-state index in [2.05, 4.69) is 21.4 Å². The van der Waals surface area contributed by atoms with Crippen molar-refractivity contribution in [2.45, 2.75) is 0 Å². The highest BCUT2D eigenvalue weighted by molar-refractivity contribution is 9.10. The van der Waals surface area contributed by atoms with Gasteiger partial charge in [-0.3, -0.25) is 16.0 Å². The fourth-order valence-electron chi connectivity index (χ4n) is 1.49. The summed E-state index contributed by atoms with van der Waals surface area (Å²) in [4.78, 5) is 10.3. The SMILES string of the molecule is NNc1cc(Oc2ccccc2Br)cc([N+](=O)[O-])c1. The van der Waals surface area contributed by atoms with Crippen LogP contribution in [0.2, 0.25) is 0 Å². The summed E-state index contributed by atoms with van der Waals surface area (Å²) >= 11 is 3.34. The van der Waals surface area contributed by atoms with Crippen molar-refractivity contribution < 1.29 is 9.66 Å². The lowest BCUT2D eigenvalue weighted by atomic mass is 10.2. The molecule has 2 rings (SSSR count). The van der Waals surface area contributed by atoms with Crippen LogP contribution in [0.4, 0.5) is 11.4 Å². The first kappa shape index (κ1) is 13.3. The highest BCUT2D eigenvalue weighted by atomic mass is 79.9. The second-order valence-electron chi connectivity index (χ2n) is 3.65. The molecule has 0 saturated heterocycles. The van der Waals surface area contributed by atoms with E-state index in [0.717, 1.165) is 4.47 Å². The van der Waals surface area contributed by atoms with Crippen LogP contribution in [0.3, 0.4) is 0 Å². The van der Waals surface area contributed by atoms with Crippen LogP contribution in [0.1, 0.15) is 0 Å². The van der Waals surface area contributed by atoms with Gasteiger partial charge in [0.15, 0.2) is 0 Å². The van der Waals surface area contributed by atoms with Crippen LogP contribution in [-0.4, -0.2) is 4.92 Å². The van der Waals surface area contributed by atoms with E-state index in [1.54, 1.807) is 18.2 Å². The van der Waals surface area contributed by atoms with Gasteiger partial charge in [0.05, 0.1) is 21.1 Å². The van der Waals surface area contributed by atoms with Gasteiger partial charge in [0.25, 0.3) is 5.69 Å². The Hall–Kier alpha value is -2.12. The first-order chi connectivity index (χ1) is 9.10. The van der Waals surface area contributed by atoms with Gasteiger partial charge in [-0.15, -0.1) is 0 Å². The molecule has 0 aliphatic rings. The molecule has 0 radical (unpaired) electrons. The molecule has 2 aromatic rings. The highest BCUT2D eigenvalue weighted by Gasteiger charge is 2.11. The summed E-state index contributed by atoms with van der Waals surface area (Å²) < 4.78 is 6.35. The molecular formula is C12H10BrN3O3. The number of hydrazine groups is 1. The molecule has 3 N–H and O–H groups in total. The van der Waals surface area contributed by atoms with Crippen LogP contribution < -0.4 is 16.0 Å². The fraction of sp³-hybridized carbons (Fsp3) is 0. The molecule has 7 heteroatoms. The zero-order chi connectivity index (χ0) is 13.8. The highest BCUT2D eigenvalue weighted by Crippen LogP contribution is 2.32. The number of ether oxygens (including phenoxy) is 1. The standard InChI is InChI=1S/C12H10BrN3O3/c13-11-3-1-2-4-12(11)19-10-6-8(15-14)5-9(7-10)16(17)18/h1-7,15H,14H2. The molecular weight excluding hydrogens is 314 g/mol. The molecule has 0 heterocycles. The predicted octanol–water partition coefficient (Wildman–Crippen LogP) is 3.44. The average Bonchev–Trinajstić information content (AvgIpc) is 2.41. The van der Waals surface area contributed by atoms with Crippen molar-refractivity contribution in [3.8, 4) is 11.5 Å². The summed E-state index contributed by atoms with van der Waals surface area (Å²) in [5.74, 6) is 6.16. The molecule has 6 nitrogen and oxygen atoms in total. The Balaban J connectivity index is 2.37. The first-order valence-corrected chi connectivity index (χ1v) is 6.08. The number of benzene rings is 2. The summed E-state index contributed by atoms with van der Waals surface area (Å²) in [5.41, 5.74) is 2.67. The van der Waals surface area contributed by atoms with Gasteiger partial charge in [0, 0.05) is 12.1 Å². The number of halogens is 1. The number of hydrogen-bond acceptors (Lipinski definition) is 5. The molecule has 0 amide bonds. The van der Waals surface area contributed by atoms with Gasteiger partial charge in [-0.25, -0.2) is 0 Å². The maximum atomic E-state index is 10.8. The van der Waals surface area contributed by atoms with Gasteiger partial charge in [0.1, 0.15) is 11.5 Å². The molecule has 0 unspecified atom stereocenters. The summed E-state index contributed by atoms with van der Waals surface area (Å²) in [6.45, 7) is 0. The van der Waals surface area contributed by atoms with Crippen molar-refractivity contribution in [1.29, 1.82) is 0 Å². The van der Waals surface area contributed by atoms with Crippen LogP contribution in [0.5, 0.6) is 11.5 Å². The van der Waals surface area contributed by atoms with Gasteiger partial charge in [-0.05, 0) is 28.1 Å². The van der Waals surface area contributed by atoms with Crippen molar-refractivity contribution >= 4 is 27.3 Å². The smallest absolute Gasteiger partial charge is 0.275 e. The maximum Gasteiger partial charge on any atom is 0.275 e. The number of rotatable bonds is 4. The third-order valence-electron chi connectivity index (χ3n) is 2.33. The Labute approximate surface area is 117 Å². The predicted molar refractivity (Wildman–Crippen MR) is 75.1 cm³/mol. The molecule has 0 saturated carbocycles. The molecule has 98 valence electrons. The van der Waals surface area contributed by atoms with Crippen LogP contribution in [0.25, 0.3) is 0 Å². The molecule has 0 atom stereocenters. The van der Waals surface area contributed by atoms with E-state index < -0.39 is 4.92 Å². The lowest BCUT2D eigenvalue weighted by Gasteiger charge is -2.09. The summed E-state index contributed by atoms with van der Waals surface area (Å²) in [6, 6.07) is 11.4. The third kappa shape index (κ3) is 3.21. The van der Waals surface area contributed by atoms with Gasteiger partial charge < -0.3 is 10.2 Å². The Morgan fingerprint density at radius 2 is 2.00 bits per heavy atom. The van der Waals surface area contributed by atoms with E-state index >= 15 is 0 Å². The summed E-state index contributed by atoms with van der Waals surface area (Å²) in [7, 11) is 0. The third-order valence-corrected chi connectivity index (χ3v) is 2.99.